The quantitative estimate of drug-likeness (QED) is 0.788. The maximum atomic E-state index is 4.93. The fraction of sp³-hybridized carbons (Fsp3) is 0.667. The van der Waals surface area contributed by atoms with Crippen molar-refractivity contribution < 1.29 is 9.47 Å². The summed E-state index contributed by atoms with van der Waals surface area (Å²) < 4.78 is 9.86. The van der Waals surface area contributed by atoms with E-state index in [2.05, 4.69) is 27.2 Å². The van der Waals surface area contributed by atoms with Gasteiger partial charge >= 0.3 is 12.0 Å². The van der Waals surface area contributed by atoms with Gasteiger partial charge in [-0.3, -0.25) is 0 Å². The first-order chi connectivity index (χ1) is 7.19. The van der Waals surface area contributed by atoms with E-state index in [0.29, 0.717) is 12.0 Å². The number of methoxy groups -OCH3 is 2. The van der Waals surface area contributed by atoms with E-state index < -0.39 is 0 Å². The third-order valence-electron chi connectivity index (χ3n) is 1.95. The number of ether oxygens (including phenoxy) is 2. The Kier molecular flexibility index (Phi) is 4.08. The summed E-state index contributed by atoms with van der Waals surface area (Å²) in [4.78, 5) is 12.0. The Morgan fingerprint density at radius 1 is 1.13 bits per heavy atom. The van der Waals surface area contributed by atoms with Crippen molar-refractivity contribution in [2.75, 3.05) is 19.5 Å². The van der Waals surface area contributed by atoms with Crippen LogP contribution < -0.4 is 14.8 Å². The summed E-state index contributed by atoms with van der Waals surface area (Å²) in [6, 6.07) is 0.780. The van der Waals surface area contributed by atoms with Gasteiger partial charge in [-0.15, -0.1) is 4.98 Å². The zero-order valence-electron chi connectivity index (χ0n) is 9.44. The molecule has 1 heterocycles. The summed E-state index contributed by atoms with van der Waals surface area (Å²) in [5, 5.41) is 3.12. The first kappa shape index (κ1) is 11.5. The van der Waals surface area contributed by atoms with E-state index in [0.717, 1.165) is 6.42 Å². The minimum Gasteiger partial charge on any atom is -0.467 e. The van der Waals surface area contributed by atoms with Crippen molar-refractivity contribution in [3.8, 4) is 12.0 Å². The van der Waals surface area contributed by atoms with E-state index in [1.807, 2.05) is 6.92 Å². The maximum Gasteiger partial charge on any atom is 0.324 e. The van der Waals surface area contributed by atoms with Crippen molar-refractivity contribution in [3.05, 3.63) is 0 Å². The molecule has 1 rings (SSSR count). The van der Waals surface area contributed by atoms with Gasteiger partial charge in [0, 0.05) is 6.04 Å². The Bertz CT molecular complexity index is 297. The summed E-state index contributed by atoms with van der Waals surface area (Å²) in [5.41, 5.74) is 0. The van der Waals surface area contributed by atoms with E-state index >= 15 is 0 Å². The van der Waals surface area contributed by atoms with E-state index in [1.54, 1.807) is 0 Å². The van der Waals surface area contributed by atoms with Crippen molar-refractivity contribution in [2.24, 2.45) is 0 Å². The molecule has 0 spiro atoms. The predicted molar refractivity (Wildman–Crippen MR) is 56.3 cm³/mol. The van der Waals surface area contributed by atoms with Gasteiger partial charge in [-0.2, -0.15) is 9.97 Å². The molecule has 0 aromatic carbocycles. The summed E-state index contributed by atoms with van der Waals surface area (Å²) in [7, 11) is 3.00. The fourth-order valence-electron chi connectivity index (χ4n) is 0.908. The summed E-state index contributed by atoms with van der Waals surface area (Å²) in [5.74, 6) is 0.466. The Morgan fingerprint density at radius 2 is 1.67 bits per heavy atom. The highest BCUT2D eigenvalue weighted by molar-refractivity contribution is 5.28. The molecule has 0 aliphatic heterocycles. The predicted octanol–water partition coefficient (Wildman–Crippen LogP) is 1.10. The average molecular weight is 212 g/mol. The molecular formula is C9H16N4O2. The molecule has 84 valence electrons. The molecule has 0 aliphatic carbocycles. The van der Waals surface area contributed by atoms with Gasteiger partial charge < -0.3 is 14.8 Å². The number of aromatic nitrogens is 3. The Morgan fingerprint density at radius 3 is 2.07 bits per heavy atom. The van der Waals surface area contributed by atoms with Crippen LogP contribution in [0.1, 0.15) is 20.3 Å². The van der Waals surface area contributed by atoms with Gasteiger partial charge in [0.25, 0.3) is 0 Å². The van der Waals surface area contributed by atoms with Crippen molar-refractivity contribution in [3.63, 3.8) is 0 Å². The standard InChI is InChI=1S/C9H16N4O2/c1-5-6(2)10-7-11-8(14-3)13-9(12-7)15-4/h6H,5H2,1-4H3,(H,10,11,12,13). The van der Waals surface area contributed by atoms with Crippen LogP contribution in [0.5, 0.6) is 12.0 Å². The van der Waals surface area contributed by atoms with Crippen LogP contribution in [0, 0.1) is 0 Å². The molecule has 1 unspecified atom stereocenters. The Labute approximate surface area is 89.1 Å². The van der Waals surface area contributed by atoms with E-state index in [-0.39, 0.29) is 12.0 Å². The highest BCUT2D eigenvalue weighted by Crippen LogP contribution is 2.13. The highest BCUT2D eigenvalue weighted by Gasteiger charge is 2.08. The van der Waals surface area contributed by atoms with Gasteiger partial charge in [0.05, 0.1) is 14.2 Å². The first-order valence-corrected chi connectivity index (χ1v) is 4.80. The smallest absolute Gasteiger partial charge is 0.324 e. The number of anilines is 1. The van der Waals surface area contributed by atoms with Gasteiger partial charge in [0.1, 0.15) is 0 Å². The third-order valence-corrected chi connectivity index (χ3v) is 1.95. The number of hydrogen-bond acceptors (Lipinski definition) is 6. The Hall–Kier alpha value is -1.59. The molecule has 0 saturated carbocycles. The van der Waals surface area contributed by atoms with Gasteiger partial charge in [-0.1, -0.05) is 6.92 Å². The van der Waals surface area contributed by atoms with E-state index in [9.17, 15) is 0 Å². The van der Waals surface area contributed by atoms with Gasteiger partial charge in [0.2, 0.25) is 5.95 Å². The monoisotopic (exact) mass is 212 g/mol. The molecule has 1 aromatic heterocycles. The summed E-state index contributed by atoms with van der Waals surface area (Å²) in [6.07, 6.45) is 0.982. The number of hydrogen-bond donors (Lipinski definition) is 1. The SMILES string of the molecule is CCC(C)Nc1nc(OC)nc(OC)n1. The molecular weight excluding hydrogens is 196 g/mol. The van der Waals surface area contributed by atoms with Crippen LogP contribution in [0.3, 0.4) is 0 Å². The zero-order chi connectivity index (χ0) is 11.3. The van der Waals surface area contributed by atoms with E-state index in [1.165, 1.54) is 14.2 Å². The zero-order valence-corrected chi connectivity index (χ0v) is 9.44. The topological polar surface area (TPSA) is 69.2 Å². The van der Waals surface area contributed by atoms with Crippen LogP contribution in [0.2, 0.25) is 0 Å². The normalized spacial score (nSPS) is 12.0. The molecule has 0 amide bonds. The molecule has 0 saturated heterocycles. The van der Waals surface area contributed by atoms with Crippen LogP contribution in [-0.2, 0) is 0 Å². The number of rotatable bonds is 5. The van der Waals surface area contributed by atoms with Crippen molar-refractivity contribution in [1.29, 1.82) is 0 Å². The average Bonchev–Trinajstić information content (AvgIpc) is 2.28. The Balaban J connectivity index is 2.86. The van der Waals surface area contributed by atoms with Crippen LogP contribution in [0.15, 0.2) is 0 Å². The molecule has 1 atom stereocenters. The second-order valence-corrected chi connectivity index (χ2v) is 3.09. The van der Waals surface area contributed by atoms with E-state index in [4.69, 9.17) is 9.47 Å². The first-order valence-electron chi connectivity index (χ1n) is 4.80. The maximum absolute atomic E-state index is 4.93. The van der Waals surface area contributed by atoms with Gasteiger partial charge in [0.15, 0.2) is 0 Å². The molecule has 0 fully saturated rings. The van der Waals surface area contributed by atoms with Crippen molar-refractivity contribution >= 4 is 5.95 Å². The van der Waals surface area contributed by atoms with Crippen LogP contribution in [0.25, 0.3) is 0 Å². The number of nitrogens with zero attached hydrogens (tertiary/aromatic N) is 3. The summed E-state index contributed by atoms with van der Waals surface area (Å²) in [6.45, 7) is 4.12. The lowest BCUT2D eigenvalue weighted by molar-refractivity contribution is 0.341. The minimum atomic E-state index is 0.243. The summed E-state index contributed by atoms with van der Waals surface area (Å²) >= 11 is 0. The molecule has 0 bridgehead atoms. The molecule has 1 aromatic rings. The van der Waals surface area contributed by atoms with Crippen molar-refractivity contribution in [2.45, 2.75) is 26.3 Å². The second kappa shape index (κ2) is 5.33. The van der Waals surface area contributed by atoms with Crippen molar-refractivity contribution in [1.82, 2.24) is 15.0 Å². The minimum absolute atomic E-state index is 0.243. The molecule has 1 N–H and O–H groups in total. The molecule has 6 nitrogen and oxygen atoms in total. The molecule has 15 heavy (non-hydrogen) atoms. The third kappa shape index (κ3) is 3.23. The van der Waals surface area contributed by atoms with Gasteiger partial charge in [-0.25, -0.2) is 0 Å². The lowest BCUT2D eigenvalue weighted by Crippen LogP contribution is -2.16. The largest absolute Gasteiger partial charge is 0.467 e. The van der Waals surface area contributed by atoms with Crippen LogP contribution in [0.4, 0.5) is 5.95 Å². The second-order valence-electron chi connectivity index (χ2n) is 3.09. The highest BCUT2D eigenvalue weighted by atomic mass is 16.5. The van der Waals surface area contributed by atoms with Crippen LogP contribution in [-0.4, -0.2) is 35.2 Å². The molecule has 6 heteroatoms. The molecule has 0 aliphatic rings. The lowest BCUT2D eigenvalue weighted by Gasteiger charge is -2.11. The van der Waals surface area contributed by atoms with Crippen LogP contribution >= 0.6 is 0 Å². The lowest BCUT2D eigenvalue weighted by atomic mass is 10.3. The number of nitrogens with one attached hydrogen (secondary N) is 1. The molecule has 0 radical (unpaired) electrons. The van der Waals surface area contributed by atoms with Gasteiger partial charge in [-0.05, 0) is 13.3 Å². The fourth-order valence-corrected chi connectivity index (χ4v) is 0.908.